The maximum Gasteiger partial charge on any atom is 0.0221 e. The van der Waals surface area contributed by atoms with Gasteiger partial charge < -0.3 is 5.32 Å². The molecule has 2 heteroatoms. The van der Waals surface area contributed by atoms with Crippen LogP contribution in [0.5, 0.6) is 0 Å². The van der Waals surface area contributed by atoms with Crippen LogP contribution in [0.1, 0.15) is 31.7 Å². The summed E-state index contributed by atoms with van der Waals surface area (Å²) in [5, 5.41) is 3.56. The number of likely N-dealkylation sites (tertiary alicyclic amines) is 1. The Labute approximate surface area is 111 Å². The lowest BCUT2D eigenvalue weighted by Gasteiger charge is -2.24. The van der Waals surface area contributed by atoms with Crippen LogP contribution in [-0.4, -0.2) is 37.1 Å². The summed E-state index contributed by atoms with van der Waals surface area (Å²) in [7, 11) is 0. The van der Waals surface area contributed by atoms with Gasteiger partial charge in [0, 0.05) is 19.1 Å². The van der Waals surface area contributed by atoms with Gasteiger partial charge in [-0.25, -0.2) is 0 Å². The maximum atomic E-state index is 3.56. The van der Waals surface area contributed by atoms with Crippen LogP contribution in [0.15, 0.2) is 30.3 Å². The molecule has 1 atom stereocenters. The number of nitrogens with one attached hydrogen (secondary N) is 1. The zero-order valence-electron chi connectivity index (χ0n) is 11.6. The molecule has 1 aliphatic rings. The van der Waals surface area contributed by atoms with E-state index in [1.54, 1.807) is 0 Å². The van der Waals surface area contributed by atoms with Gasteiger partial charge in [-0.15, -0.1) is 0 Å². The SMILES string of the molecule is CCCNCC1CCCN1CCc1ccccc1. The zero-order chi connectivity index (χ0) is 12.6. The fraction of sp³-hybridized carbons (Fsp3) is 0.625. The van der Waals surface area contributed by atoms with Crippen LogP contribution in [0.3, 0.4) is 0 Å². The highest BCUT2D eigenvalue weighted by molar-refractivity contribution is 5.14. The van der Waals surface area contributed by atoms with Crippen molar-refractivity contribution in [1.29, 1.82) is 0 Å². The van der Waals surface area contributed by atoms with Gasteiger partial charge in [0.1, 0.15) is 0 Å². The average molecular weight is 246 g/mol. The predicted molar refractivity (Wildman–Crippen MR) is 77.9 cm³/mol. The summed E-state index contributed by atoms with van der Waals surface area (Å²) in [5.41, 5.74) is 1.46. The van der Waals surface area contributed by atoms with E-state index >= 15 is 0 Å². The Balaban J connectivity index is 1.74. The van der Waals surface area contributed by atoms with Gasteiger partial charge in [-0.3, -0.25) is 4.90 Å². The zero-order valence-corrected chi connectivity index (χ0v) is 11.6. The van der Waals surface area contributed by atoms with Crippen molar-refractivity contribution in [1.82, 2.24) is 10.2 Å². The van der Waals surface area contributed by atoms with Crippen molar-refractivity contribution in [2.45, 2.75) is 38.6 Å². The largest absolute Gasteiger partial charge is 0.315 e. The van der Waals surface area contributed by atoms with E-state index < -0.39 is 0 Å². The molecule has 0 saturated carbocycles. The minimum Gasteiger partial charge on any atom is -0.315 e. The molecule has 1 saturated heterocycles. The number of hydrogen-bond donors (Lipinski definition) is 1. The monoisotopic (exact) mass is 246 g/mol. The molecule has 1 aliphatic heterocycles. The third kappa shape index (κ3) is 4.11. The van der Waals surface area contributed by atoms with Gasteiger partial charge in [0.2, 0.25) is 0 Å². The van der Waals surface area contributed by atoms with Crippen molar-refractivity contribution in [2.24, 2.45) is 0 Å². The minimum atomic E-state index is 0.764. The molecule has 1 aromatic rings. The summed E-state index contributed by atoms with van der Waals surface area (Å²) in [6, 6.07) is 11.6. The fourth-order valence-electron chi connectivity index (χ4n) is 2.78. The van der Waals surface area contributed by atoms with Gasteiger partial charge in [0.15, 0.2) is 0 Å². The predicted octanol–water partition coefficient (Wildman–Crippen LogP) is 2.69. The second kappa shape index (κ2) is 7.55. The van der Waals surface area contributed by atoms with E-state index in [-0.39, 0.29) is 0 Å². The Hall–Kier alpha value is -0.860. The van der Waals surface area contributed by atoms with Crippen molar-refractivity contribution in [3.8, 4) is 0 Å². The lowest BCUT2D eigenvalue weighted by molar-refractivity contribution is 0.250. The molecule has 0 aliphatic carbocycles. The van der Waals surface area contributed by atoms with Crippen molar-refractivity contribution >= 4 is 0 Å². The van der Waals surface area contributed by atoms with Crippen LogP contribution >= 0.6 is 0 Å². The highest BCUT2D eigenvalue weighted by Gasteiger charge is 2.23. The summed E-state index contributed by atoms with van der Waals surface area (Å²) < 4.78 is 0. The van der Waals surface area contributed by atoms with Gasteiger partial charge in [0.05, 0.1) is 0 Å². The summed E-state index contributed by atoms with van der Waals surface area (Å²) in [6.45, 7) is 7.05. The first-order chi connectivity index (χ1) is 8.90. The smallest absolute Gasteiger partial charge is 0.0221 e. The van der Waals surface area contributed by atoms with Crippen LogP contribution in [0, 0.1) is 0 Å². The van der Waals surface area contributed by atoms with Gasteiger partial charge in [-0.05, 0) is 44.3 Å². The first-order valence-electron chi connectivity index (χ1n) is 7.39. The van der Waals surface area contributed by atoms with Crippen LogP contribution in [0.4, 0.5) is 0 Å². The second-order valence-corrected chi connectivity index (χ2v) is 5.27. The highest BCUT2D eigenvalue weighted by Crippen LogP contribution is 2.17. The van der Waals surface area contributed by atoms with Crippen molar-refractivity contribution in [3.63, 3.8) is 0 Å². The standard InChI is InChI=1S/C16H26N2/c1-2-11-17-14-16-9-6-12-18(16)13-10-15-7-4-3-5-8-15/h3-5,7-8,16-17H,2,6,9-14H2,1H3. The molecule has 2 rings (SSSR count). The summed E-state index contributed by atoms with van der Waals surface area (Å²) in [4.78, 5) is 2.66. The quantitative estimate of drug-likeness (QED) is 0.744. The topological polar surface area (TPSA) is 15.3 Å². The van der Waals surface area contributed by atoms with Gasteiger partial charge in [-0.1, -0.05) is 37.3 Å². The molecule has 2 nitrogen and oxygen atoms in total. The molecule has 0 amide bonds. The molecular formula is C16H26N2. The molecule has 18 heavy (non-hydrogen) atoms. The third-order valence-corrected chi connectivity index (χ3v) is 3.84. The molecule has 1 heterocycles. The number of hydrogen-bond acceptors (Lipinski definition) is 2. The fourth-order valence-corrected chi connectivity index (χ4v) is 2.78. The average Bonchev–Trinajstić information content (AvgIpc) is 2.86. The van der Waals surface area contributed by atoms with E-state index in [1.165, 1.54) is 50.9 Å². The van der Waals surface area contributed by atoms with Crippen molar-refractivity contribution in [3.05, 3.63) is 35.9 Å². The summed E-state index contributed by atoms with van der Waals surface area (Å²) in [5.74, 6) is 0. The van der Waals surface area contributed by atoms with E-state index in [0.717, 1.165) is 12.6 Å². The summed E-state index contributed by atoms with van der Waals surface area (Å²) in [6.07, 6.45) is 5.15. The lowest BCUT2D eigenvalue weighted by atomic mass is 10.1. The third-order valence-electron chi connectivity index (χ3n) is 3.84. The van der Waals surface area contributed by atoms with Gasteiger partial charge >= 0.3 is 0 Å². The molecule has 0 bridgehead atoms. The Bertz CT molecular complexity index is 323. The van der Waals surface area contributed by atoms with Crippen LogP contribution in [0.25, 0.3) is 0 Å². The number of benzene rings is 1. The minimum absolute atomic E-state index is 0.764. The summed E-state index contributed by atoms with van der Waals surface area (Å²) >= 11 is 0. The molecule has 1 aromatic carbocycles. The molecule has 1 fully saturated rings. The molecular weight excluding hydrogens is 220 g/mol. The van der Waals surface area contributed by atoms with Crippen LogP contribution in [-0.2, 0) is 6.42 Å². The Morgan fingerprint density at radius 1 is 1.28 bits per heavy atom. The van der Waals surface area contributed by atoms with E-state index in [4.69, 9.17) is 0 Å². The first kappa shape index (κ1) is 13.6. The van der Waals surface area contributed by atoms with E-state index in [0.29, 0.717) is 0 Å². The van der Waals surface area contributed by atoms with E-state index in [2.05, 4.69) is 47.5 Å². The van der Waals surface area contributed by atoms with Crippen molar-refractivity contribution in [2.75, 3.05) is 26.2 Å². The molecule has 0 radical (unpaired) electrons. The molecule has 1 unspecified atom stereocenters. The Morgan fingerprint density at radius 2 is 2.11 bits per heavy atom. The normalized spacial score (nSPS) is 20.4. The molecule has 100 valence electrons. The molecule has 0 spiro atoms. The van der Waals surface area contributed by atoms with Crippen molar-refractivity contribution < 1.29 is 0 Å². The van der Waals surface area contributed by atoms with E-state index in [9.17, 15) is 0 Å². The highest BCUT2D eigenvalue weighted by atomic mass is 15.2. The second-order valence-electron chi connectivity index (χ2n) is 5.27. The maximum absolute atomic E-state index is 3.56. The Morgan fingerprint density at radius 3 is 2.89 bits per heavy atom. The Kier molecular flexibility index (Phi) is 5.69. The number of nitrogens with zero attached hydrogens (tertiary/aromatic N) is 1. The first-order valence-corrected chi connectivity index (χ1v) is 7.39. The van der Waals surface area contributed by atoms with Crippen LogP contribution in [0.2, 0.25) is 0 Å². The van der Waals surface area contributed by atoms with Gasteiger partial charge in [-0.2, -0.15) is 0 Å². The molecule has 1 N–H and O–H groups in total. The van der Waals surface area contributed by atoms with Crippen LogP contribution < -0.4 is 5.32 Å². The number of rotatable bonds is 7. The molecule has 0 aromatic heterocycles. The lowest BCUT2D eigenvalue weighted by Crippen LogP contribution is -2.39. The van der Waals surface area contributed by atoms with E-state index in [1.807, 2.05) is 0 Å². The van der Waals surface area contributed by atoms with Gasteiger partial charge in [0.25, 0.3) is 0 Å².